The molecule has 2 nitrogen and oxygen atoms in total. The van der Waals surface area contributed by atoms with E-state index in [0.717, 1.165) is 17.7 Å². The van der Waals surface area contributed by atoms with Gasteiger partial charge in [0.25, 0.3) is 0 Å². The summed E-state index contributed by atoms with van der Waals surface area (Å²) in [5, 5.41) is 10.0. The Balaban J connectivity index is 2.21. The van der Waals surface area contributed by atoms with E-state index in [1.807, 2.05) is 0 Å². The summed E-state index contributed by atoms with van der Waals surface area (Å²) < 4.78 is 32.8. The highest BCUT2D eigenvalue weighted by atomic mass is 79.9. The van der Waals surface area contributed by atoms with Crippen molar-refractivity contribution in [2.75, 3.05) is 7.11 Å². The standard InChI is InChI=1S/C15H13BrF2O2/c1-20-11-4-2-9(3-5-11)6-14(19)15-12(17)7-10(16)8-13(15)18/h2-5,7-8,14,19H,6H2,1H3. The number of hydrogen-bond acceptors (Lipinski definition) is 2. The number of aliphatic hydroxyl groups is 1. The predicted octanol–water partition coefficient (Wildman–Crippen LogP) is 4.01. The van der Waals surface area contributed by atoms with Crippen LogP contribution in [0.3, 0.4) is 0 Å². The molecule has 1 N–H and O–H groups in total. The summed E-state index contributed by atoms with van der Waals surface area (Å²) in [4.78, 5) is 0. The van der Waals surface area contributed by atoms with Crippen molar-refractivity contribution in [3.8, 4) is 5.75 Å². The second-order valence-electron chi connectivity index (χ2n) is 4.35. The number of rotatable bonds is 4. The van der Waals surface area contributed by atoms with Gasteiger partial charge in [-0.25, -0.2) is 8.78 Å². The Hall–Kier alpha value is -1.46. The van der Waals surface area contributed by atoms with E-state index >= 15 is 0 Å². The molecule has 2 rings (SSSR count). The van der Waals surface area contributed by atoms with Crippen LogP contribution in [0, 0.1) is 11.6 Å². The van der Waals surface area contributed by atoms with Crippen LogP contribution in [0.25, 0.3) is 0 Å². The summed E-state index contributed by atoms with van der Waals surface area (Å²) in [6.07, 6.45) is -1.11. The van der Waals surface area contributed by atoms with Crippen molar-refractivity contribution in [2.45, 2.75) is 12.5 Å². The topological polar surface area (TPSA) is 29.5 Å². The Bertz CT molecular complexity index is 576. The van der Waals surface area contributed by atoms with Crippen molar-refractivity contribution in [1.29, 1.82) is 0 Å². The van der Waals surface area contributed by atoms with Gasteiger partial charge in [0.05, 0.1) is 18.8 Å². The monoisotopic (exact) mass is 342 g/mol. The fourth-order valence-electron chi connectivity index (χ4n) is 1.96. The third-order valence-corrected chi connectivity index (χ3v) is 3.42. The van der Waals surface area contributed by atoms with Crippen molar-refractivity contribution in [2.24, 2.45) is 0 Å². The van der Waals surface area contributed by atoms with Gasteiger partial charge in [-0.2, -0.15) is 0 Å². The van der Waals surface area contributed by atoms with E-state index in [2.05, 4.69) is 15.9 Å². The molecule has 0 saturated heterocycles. The first kappa shape index (κ1) is 14.9. The van der Waals surface area contributed by atoms with Crippen molar-refractivity contribution < 1.29 is 18.6 Å². The second-order valence-corrected chi connectivity index (χ2v) is 5.27. The van der Waals surface area contributed by atoms with Crippen molar-refractivity contribution >= 4 is 15.9 Å². The van der Waals surface area contributed by atoms with Gasteiger partial charge in [0.2, 0.25) is 0 Å². The summed E-state index contributed by atoms with van der Waals surface area (Å²) in [6, 6.07) is 9.23. The minimum absolute atomic E-state index is 0.124. The highest BCUT2D eigenvalue weighted by Crippen LogP contribution is 2.27. The predicted molar refractivity (Wildman–Crippen MR) is 75.7 cm³/mol. The smallest absolute Gasteiger partial charge is 0.133 e. The Morgan fingerprint density at radius 2 is 1.70 bits per heavy atom. The number of hydrogen-bond donors (Lipinski definition) is 1. The number of methoxy groups -OCH3 is 1. The second kappa shape index (κ2) is 6.33. The Kier molecular flexibility index (Phi) is 4.73. The molecule has 0 aromatic heterocycles. The maximum atomic E-state index is 13.7. The van der Waals surface area contributed by atoms with Crippen LogP contribution in [0.4, 0.5) is 8.78 Å². The Morgan fingerprint density at radius 3 is 2.20 bits per heavy atom. The van der Waals surface area contributed by atoms with E-state index in [1.54, 1.807) is 31.4 Å². The minimum Gasteiger partial charge on any atom is -0.497 e. The van der Waals surface area contributed by atoms with Crippen LogP contribution in [0.5, 0.6) is 5.75 Å². The third-order valence-electron chi connectivity index (χ3n) is 2.97. The van der Waals surface area contributed by atoms with Crippen LogP contribution in [0.15, 0.2) is 40.9 Å². The molecule has 0 amide bonds. The molecule has 20 heavy (non-hydrogen) atoms. The molecule has 0 saturated carbocycles. The van der Waals surface area contributed by atoms with Crippen molar-refractivity contribution in [1.82, 2.24) is 0 Å². The van der Waals surface area contributed by atoms with Crippen LogP contribution >= 0.6 is 15.9 Å². The van der Waals surface area contributed by atoms with Crippen LogP contribution in [-0.2, 0) is 6.42 Å². The molecule has 0 aliphatic heterocycles. The lowest BCUT2D eigenvalue weighted by atomic mass is 10.0. The van der Waals surface area contributed by atoms with Gasteiger partial charge in [0.1, 0.15) is 17.4 Å². The zero-order chi connectivity index (χ0) is 14.7. The molecule has 0 spiro atoms. The Labute approximate surface area is 124 Å². The van der Waals surface area contributed by atoms with Crippen molar-refractivity contribution in [3.63, 3.8) is 0 Å². The first-order valence-electron chi connectivity index (χ1n) is 5.96. The van der Waals surface area contributed by atoms with Gasteiger partial charge in [0.15, 0.2) is 0 Å². The molecule has 0 radical (unpaired) electrons. The van der Waals surface area contributed by atoms with Crippen LogP contribution < -0.4 is 4.74 Å². The van der Waals surface area contributed by atoms with Gasteiger partial charge in [-0.15, -0.1) is 0 Å². The number of benzene rings is 2. The number of aliphatic hydroxyl groups excluding tert-OH is 1. The molecule has 0 fully saturated rings. The van der Waals surface area contributed by atoms with Crippen LogP contribution in [-0.4, -0.2) is 12.2 Å². The lowest BCUT2D eigenvalue weighted by Crippen LogP contribution is -2.07. The molecule has 5 heteroatoms. The minimum atomic E-state index is -1.24. The van der Waals surface area contributed by atoms with Crippen LogP contribution in [0.1, 0.15) is 17.2 Å². The number of halogens is 3. The first-order chi connectivity index (χ1) is 9.51. The molecule has 0 aliphatic carbocycles. The summed E-state index contributed by atoms with van der Waals surface area (Å²) in [6.45, 7) is 0. The molecular weight excluding hydrogens is 330 g/mol. The zero-order valence-electron chi connectivity index (χ0n) is 10.7. The van der Waals surface area contributed by atoms with Crippen molar-refractivity contribution in [3.05, 3.63) is 63.6 Å². The molecule has 0 heterocycles. The normalized spacial score (nSPS) is 12.2. The van der Waals surface area contributed by atoms with Crippen LogP contribution in [0.2, 0.25) is 0 Å². The quantitative estimate of drug-likeness (QED) is 0.909. The fraction of sp³-hybridized carbons (Fsp3) is 0.200. The highest BCUT2D eigenvalue weighted by Gasteiger charge is 2.19. The molecule has 106 valence electrons. The van der Waals surface area contributed by atoms with E-state index in [1.165, 1.54) is 0 Å². The molecular formula is C15H13BrF2O2. The molecule has 2 aromatic carbocycles. The SMILES string of the molecule is COc1ccc(CC(O)c2c(F)cc(Br)cc2F)cc1. The van der Waals surface area contributed by atoms with Gasteiger partial charge in [-0.1, -0.05) is 28.1 Å². The lowest BCUT2D eigenvalue weighted by molar-refractivity contribution is 0.168. The van der Waals surface area contributed by atoms with E-state index in [9.17, 15) is 13.9 Å². The molecule has 0 bridgehead atoms. The van der Waals surface area contributed by atoms with E-state index in [4.69, 9.17) is 4.74 Å². The van der Waals surface area contributed by atoms with Gasteiger partial charge in [-0.05, 0) is 29.8 Å². The molecule has 1 unspecified atom stereocenters. The van der Waals surface area contributed by atoms with Gasteiger partial charge >= 0.3 is 0 Å². The average Bonchev–Trinajstić information content (AvgIpc) is 2.38. The molecule has 1 atom stereocenters. The van der Waals surface area contributed by atoms with Gasteiger partial charge < -0.3 is 9.84 Å². The third kappa shape index (κ3) is 3.35. The largest absolute Gasteiger partial charge is 0.497 e. The maximum Gasteiger partial charge on any atom is 0.133 e. The molecule has 2 aromatic rings. The summed E-state index contributed by atoms with van der Waals surface area (Å²) >= 11 is 3.00. The van der Waals surface area contributed by atoms with E-state index < -0.39 is 17.7 Å². The summed E-state index contributed by atoms with van der Waals surface area (Å²) in [5.41, 5.74) is 0.448. The summed E-state index contributed by atoms with van der Waals surface area (Å²) in [5.74, 6) is -0.847. The average molecular weight is 343 g/mol. The highest BCUT2D eigenvalue weighted by molar-refractivity contribution is 9.10. The first-order valence-corrected chi connectivity index (χ1v) is 6.76. The van der Waals surface area contributed by atoms with Gasteiger partial charge in [0, 0.05) is 10.9 Å². The number of ether oxygens (including phenoxy) is 1. The maximum absolute atomic E-state index is 13.7. The van der Waals surface area contributed by atoms with Gasteiger partial charge in [-0.3, -0.25) is 0 Å². The lowest BCUT2D eigenvalue weighted by Gasteiger charge is -2.13. The summed E-state index contributed by atoms with van der Waals surface area (Å²) in [7, 11) is 1.55. The Morgan fingerprint density at radius 1 is 1.15 bits per heavy atom. The zero-order valence-corrected chi connectivity index (χ0v) is 12.3. The van der Waals surface area contributed by atoms with E-state index in [0.29, 0.717) is 10.2 Å². The fourth-order valence-corrected chi connectivity index (χ4v) is 2.36. The van der Waals surface area contributed by atoms with E-state index in [-0.39, 0.29) is 12.0 Å². The molecule has 0 aliphatic rings.